The molecule has 0 spiro atoms. The van der Waals surface area contributed by atoms with Crippen LogP contribution in [-0.2, 0) is 0 Å². The Kier molecular flexibility index (Phi) is 3.22. The molecular weight excluding hydrogens is 269 g/mol. The van der Waals surface area contributed by atoms with Crippen molar-refractivity contribution in [1.82, 2.24) is 10.2 Å². The van der Waals surface area contributed by atoms with Gasteiger partial charge in [-0.2, -0.15) is 0 Å². The molecule has 1 N–H and O–H groups in total. The Morgan fingerprint density at radius 2 is 2.28 bits per heavy atom. The first kappa shape index (κ1) is 11.9. The summed E-state index contributed by atoms with van der Waals surface area (Å²) in [7, 11) is 0. The maximum Gasteiger partial charge on any atom is 0.206 e. The molecule has 1 aromatic heterocycles. The van der Waals surface area contributed by atoms with Crippen molar-refractivity contribution in [2.75, 3.05) is 11.1 Å². The van der Waals surface area contributed by atoms with Gasteiger partial charge in [-0.1, -0.05) is 23.5 Å². The molecule has 0 bridgehead atoms. The lowest BCUT2D eigenvalue weighted by Gasteiger charge is -2.25. The van der Waals surface area contributed by atoms with Crippen LogP contribution < -0.4 is 5.32 Å². The van der Waals surface area contributed by atoms with Crippen LogP contribution in [0.4, 0.5) is 9.52 Å². The van der Waals surface area contributed by atoms with E-state index in [1.54, 1.807) is 17.8 Å². The van der Waals surface area contributed by atoms with Crippen molar-refractivity contribution in [3.63, 3.8) is 0 Å². The smallest absolute Gasteiger partial charge is 0.206 e. The van der Waals surface area contributed by atoms with E-state index in [-0.39, 0.29) is 11.9 Å². The molecule has 0 radical (unpaired) electrons. The summed E-state index contributed by atoms with van der Waals surface area (Å²) in [5.74, 6) is 0.793. The standard InChI is InChI=1S/C12H12FN3S2/c1-7-15-16-12(18-7)14-10-5-6-17-11-8(10)3-2-4-9(11)13/h2-4,10H,5-6H2,1H3,(H,14,16). The molecule has 2 aromatic rings. The molecule has 0 aliphatic carbocycles. The third-order valence-electron chi connectivity index (χ3n) is 2.85. The molecule has 0 fully saturated rings. The zero-order valence-corrected chi connectivity index (χ0v) is 11.4. The van der Waals surface area contributed by atoms with Gasteiger partial charge in [-0.15, -0.1) is 22.0 Å². The summed E-state index contributed by atoms with van der Waals surface area (Å²) in [6, 6.07) is 5.39. The number of thioether (sulfide) groups is 1. The second kappa shape index (κ2) is 4.85. The van der Waals surface area contributed by atoms with Crippen molar-refractivity contribution >= 4 is 28.2 Å². The van der Waals surface area contributed by atoms with Gasteiger partial charge in [0.05, 0.1) is 6.04 Å². The van der Waals surface area contributed by atoms with Crippen LogP contribution >= 0.6 is 23.1 Å². The van der Waals surface area contributed by atoms with Crippen molar-refractivity contribution in [2.24, 2.45) is 0 Å². The molecule has 0 saturated heterocycles. The highest BCUT2D eigenvalue weighted by molar-refractivity contribution is 7.99. The van der Waals surface area contributed by atoms with Crippen LogP contribution in [-0.4, -0.2) is 16.0 Å². The zero-order chi connectivity index (χ0) is 12.5. The lowest BCUT2D eigenvalue weighted by atomic mass is 10.0. The highest BCUT2D eigenvalue weighted by atomic mass is 32.2. The fourth-order valence-corrected chi connectivity index (χ4v) is 3.83. The summed E-state index contributed by atoms with van der Waals surface area (Å²) in [5.41, 5.74) is 1.03. The molecular formula is C12H12FN3S2. The molecule has 1 aliphatic heterocycles. The van der Waals surface area contributed by atoms with Crippen LogP contribution in [0.3, 0.4) is 0 Å². The molecule has 3 nitrogen and oxygen atoms in total. The van der Waals surface area contributed by atoms with E-state index in [1.165, 1.54) is 17.4 Å². The Balaban J connectivity index is 1.89. The molecule has 1 aliphatic rings. The van der Waals surface area contributed by atoms with Gasteiger partial charge in [0, 0.05) is 10.6 Å². The van der Waals surface area contributed by atoms with Gasteiger partial charge in [0.25, 0.3) is 0 Å². The minimum atomic E-state index is -0.127. The van der Waals surface area contributed by atoms with E-state index in [1.807, 2.05) is 13.0 Å². The average Bonchev–Trinajstić information content (AvgIpc) is 2.76. The number of fused-ring (bicyclic) bond motifs is 1. The first-order valence-electron chi connectivity index (χ1n) is 5.72. The number of benzene rings is 1. The molecule has 1 aromatic carbocycles. The molecule has 0 amide bonds. The maximum atomic E-state index is 13.7. The normalized spacial score (nSPS) is 18.4. The predicted molar refractivity (Wildman–Crippen MR) is 72.8 cm³/mol. The van der Waals surface area contributed by atoms with Gasteiger partial charge in [0.2, 0.25) is 5.13 Å². The van der Waals surface area contributed by atoms with Gasteiger partial charge in [0.15, 0.2) is 0 Å². The maximum absolute atomic E-state index is 13.7. The topological polar surface area (TPSA) is 37.8 Å². The van der Waals surface area contributed by atoms with E-state index in [2.05, 4.69) is 15.5 Å². The number of halogens is 1. The van der Waals surface area contributed by atoms with E-state index in [9.17, 15) is 4.39 Å². The minimum Gasteiger partial charge on any atom is -0.353 e. The van der Waals surface area contributed by atoms with E-state index in [0.29, 0.717) is 0 Å². The van der Waals surface area contributed by atoms with Gasteiger partial charge < -0.3 is 5.32 Å². The van der Waals surface area contributed by atoms with E-state index < -0.39 is 0 Å². The SMILES string of the molecule is Cc1nnc(NC2CCSc3c(F)cccc32)s1. The predicted octanol–water partition coefficient (Wildman–Crippen LogP) is 3.63. The number of hydrogen-bond acceptors (Lipinski definition) is 5. The molecule has 1 atom stereocenters. The zero-order valence-electron chi connectivity index (χ0n) is 9.81. The monoisotopic (exact) mass is 281 g/mol. The Morgan fingerprint density at radius 3 is 3.06 bits per heavy atom. The van der Waals surface area contributed by atoms with Crippen LogP contribution in [0.2, 0.25) is 0 Å². The fraction of sp³-hybridized carbons (Fsp3) is 0.333. The van der Waals surface area contributed by atoms with Crippen LogP contribution in [0.1, 0.15) is 23.0 Å². The Bertz CT molecular complexity index is 570. The number of rotatable bonds is 2. The van der Waals surface area contributed by atoms with Crippen LogP contribution in [0.5, 0.6) is 0 Å². The lowest BCUT2D eigenvalue weighted by molar-refractivity contribution is 0.585. The van der Waals surface area contributed by atoms with E-state index >= 15 is 0 Å². The number of aromatic nitrogens is 2. The van der Waals surface area contributed by atoms with Crippen LogP contribution in [0.15, 0.2) is 23.1 Å². The van der Waals surface area contributed by atoms with Crippen LogP contribution in [0, 0.1) is 12.7 Å². The van der Waals surface area contributed by atoms with E-state index in [0.717, 1.165) is 32.8 Å². The third-order valence-corrected chi connectivity index (χ3v) is 4.78. The summed E-state index contributed by atoms with van der Waals surface area (Å²) in [4.78, 5) is 0.766. The number of nitrogens with one attached hydrogen (secondary N) is 1. The minimum absolute atomic E-state index is 0.127. The van der Waals surface area contributed by atoms with Gasteiger partial charge in [-0.25, -0.2) is 4.39 Å². The van der Waals surface area contributed by atoms with Gasteiger partial charge >= 0.3 is 0 Å². The quantitative estimate of drug-likeness (QED) is 0.912. The molecule has 94 valence electrons. The molecule has 1 unspecified atom stereocenters. The fourth-order valence-electron chi connectivity index (χ4n) is 2.04. The van der Waals surface area contributed by atoms with Crippen molar-refractivity contribution < 1.29 is 4.39 Å². The Morgan fingerprint density at radius 1 is 1.39 bits per heavy atom. The Hall–Kier alpha value is -1.14. The lowest BCUT2D eigenvalue weighted by Crippen LogP contribution is -2.16. The average molecular weight is 281 g/mol. The molecule has 0 saturated carbocycles. The summed E-state index contributed by atoms with van der Waals surface area (Å²) in [6.45, 7) is 1.92. The molecule has 18 heavy (non-hydrogen) atoms. The first-order valence-corrected chi connectivity index (χ1v) is 7.52. The van der Waals surface area contributed by atoms with Gasteiger partial charge in [-0.05, 0) is 25.0 Å². The summed E-state index contributed by atoms with van der Waals surface area (Å²) < 4.78 is 13.7. The van der Waals surface area contributed by atoms with Crippen molar-refractivity contribution in [3.8, 4) is 0 Å². The molecule has 3 rings (SSSR count). The second-order valence-electron chi connectivity index (χ2n) is 4.12. The van der Waals surface area contributed by atoms with Gasteiger partial charge in [-0.3, -0.25) is 0 Å². The van der Waals surface area contributed by atoms with E-state index in [4.69, 9.17) is 0 Å². The van der Waals surface area contributed by atoms with Crippen LogP contribution in [0.25, 0.3) is 0 Å². The summed E-state index contributed by atoms with van der Waals surface area (Å²) in [6.07, 6.45) is 0.972. The highest BCUT2D eigenvalue weighted by Crippen LogP contribution is 2.39. The molecule has 6 heteroatoms. The Labute approximate surface area is 113 Å². The number of anilines is 1. The number of hydrogen-bond donors (Lipinski definition) is 1. The van der Waals surface area contributed by atoms with Crippen molar-refractivity contribution in [1.29, 1.82) is 0 Å². The molecule has 2 heterocycles. The third kappa shape index (κ3) is 2.22. The first-order chi connectivity index (χ1) is 8.74. The number of aryl methyl sites for hydroxylation is 1. The highest BCUT2D eigenvalue weighted by Gasteiger charge is 2.23. The second-order valence-corrected chi connectivity index (χ2v) is 6.41. The summed E-state index contributed by atoms with van der Waals surface area (Å²) >= 11 is 3.11. The van der Waals surface area contributed by atoms with Crippen molar-refractivity contribution in [3.05, 3.63) is 34.6 Å². The number of nitrogens with zero attached hydrogens (tertiary/aromatic N) is 2. The van der Waals surface area contributed by atoms with Crippen molar-refractivity contribution in [2.45, 2.75) is 24.3 Å². The summed E-state index contributed by atoms with van der Waals surface area (Å²) in [5, 5.41) is 13.1. The van der Waals surface area contributed by atoms with Gasteiger partial charge in [0.1, 0.15) is 10.8 Å². The largest absolute Gasteiger partial charge is 0.353 e.